The summed E-state index contributed by atoms with van der Waals surface area (Å²) in [5.74, 6) is 1.76. The zero-order chi connectivity index (χ0) is 26.9. The molecule has 0 aliphatic heterocycles. The molecule has 0 saturated carbocycles. The average molecular weight is 560 g/mol. The van der Waals surface area contributed by atoms with Crippen molar-refractivity contribution >= 4 is 44.7 Å². The molecule has 0 spiro atoms. The van der Waals surface area contributed by atoms with Gasteiger partial charge in [0.2, 0.25) is 4.96 Å². The molecule has 6 rings (SSSR count). The van der Waals surface area contributed by atoms with Crippen molar-refractivity contribution in [2.75, 3.05) is 14.2 Å². The summed E-state index contributed by atoms with van der Waals surface area (Å²) in [6, 6.07) is 20.4. The normalized spacial score (nSPS) is 11.3. The third-order valence-corrected chi connectivity index (χ3v) is 7.40. The molecular formula is C29H22ClN3O5S. The first-order chi connectivity index (χ1) is 19.0. The van der Waals surface area contributed by atoms with Crippen LogP contribution in [0.3, 0.4) is 0 Å². The van der Waals surface area contributed by atoms with Crippen LogP contribution in [0.5, 0.6) is 16.7 Å². The fraction of sp³-hybridized carbons (Fsp3) is 0.138. The van der Waals surface area contributed by atoms with Crippen LogP contribution in [0.4, 0.5) is 0 Å². The molecule has 0 amide bonds. The number of methoxy groups -OCH3 is 2. The summed E-state index contributed by atoms with van der Waals surface area (Å²) in [4.78, 5) is 18.1. The number of imidazole rings is 1. The smallest absolute Gasteiger partial charge is 0.294 e. The minimum atomic E-state index is -0.0353. The molecule has 0 saturated heterocycles. The van der Waals surface area contributed by atoms with Gasteiger partial charge in [-0.1, -0.05) is 48.0 Å². The maximum atomic E-state index is 12.8. The highest BCUT2D eigenvalue weighted by Crippen LogP contribution is 2.37. The number of carbonyl (C=O) groups is 1. The van der Waals surface area contributed by atoms with E-state index in [9.17, 15) is 4.79 Å². The number of Topliss-reactive ketones (excluding diaryl/α,β-unsaturated/α-hetero) is 1. The molecule has 39 heavy (non-hydrogen) atoms. The van der Waals surface area contributed by atoms with Crippen LogP contribution in [-0.4, -0.2) is 34.6 Å². The molecule has 0 bridgehead atoms. The highest BCUT2D eigenvalue weighted by atomic mass is 35.5. The van der Waals surface area contributed by atoms with E-state index in [-0.39, 0.29) is 12.2 Å². The maximum absolute atomic E-state index is 12.8. The van der Waals surface area contributed by atoms with Crippen molar-refractivity contribution in [1.82, 2.24) is 14.6 Å². The summed E-state index contributed by atoms with van der Waals surface area (Å²) < 4.78 is 24.7. The molecular weight excluding hydrogens is 538 g/mol. The van der Waals surface area contributed by atoms with E-state index >= 15 is 0 Å². The lowest BCUT2D eigenvalue weighted by atomic mass is 10.0. The monoisotopic (exact) mass is 559 g/mol. The summed E-state index contributed by atoms with van der Waals surface area (Å²) in [6.07, 6.45) is 2.04. The van der Waals surface area contributed by atoms with Crippen LogP contribution in [0.1, 0.15) is 21.5 Å². The van der Waals surface area contributed by atoms with Crippen LogP contribution in [0.15, 0.2) is 77.3 Å². The molecule has 8 nitrogen and oxygen atoms in total. The Bertz CT molecular complexity index is 1790. The summed E-state index contributed by atoms with van der Waals surface area (Å²) in [5.41, 5.74) is 3.58. The first-order valence-corrected chi connectivity index (χ1v) is 13.2. The minimum Gasteiger partial charge on any atom is -0.496 e. The number of carbonyl (C=O) groups excluding carboxylic acids is 1. The maximum Gasteiger partial charge on any atom is 0.294 e. The summed E-state index contributed by atoms with van der Waals surface area (Å²) in [6.45, 7) is 0.292. The summed E-state index contributed by atoms with van der Waals surface area (Å²) >= 11 is 7.55. The van der Waals surface area contributed by atoms with E-state index in [0.29, 0.717) is 55.9 Å². The van der Waals surface area contributed by atoms with Gasteiger partial charge in [0.25, 0.3) is 5.19 Å². The SMILES string of the molecule is COc1cc(OCc2cccc(CC(=O)c3ccccc3Cl)c2)c2cc(-c3cn4nc(OC)sc4n3)oc2c1. The number of ether oxygens (including phenoxy) is 3. The van der Waals surface area contributed by atoms with E-state index < -0.39 is 0 Å². The van der Waals surface area contributed by atoms with Crippen molar-refractivity contribution in [3.05, 3.63) is 94.6 Å². The van der Waals surface area contributed by atoms with Gasteiger partial charge in [0.15, 0.2) is 11.5 Å². The first-order valence-electron chi connectivity index (χ1n) is 12.0. The fourth-order valence-electron chi connectivity index (χ4n) is 4.29. The van der Waals surface area contributed by atoms with Crippen molar-refractivity contribution in [3.63, 3.8) is 0 Å². The second-order valence-electron chi connectivity index (χ2n) is 8.76. The van der Waals surface area contributed by atoms with Crippen molar-refractivity contribution in [3.8, 4) is 28.1 Å². The molecule has 0 radical (unpaired) electrons. The van der Waals surface area contributed by atoms with Gasteiger partial charge < -0.3 is 18.6 Å². The molecule has 0 aliphatic rings. The zero-order valence-electron chi connectivity index (χ0n) is 21.0. The largest absolute Gasteiger partial charge is 0.496 e. The van der Waals surface area contributed by atoms with Crippen LogP contribution in [0.2, 0.25) is 5.02 Å². The number of ketones is 1. The number of aromatic nitrogens is 3. The van der Waals surface area contributed by atoms with Gasteiger partial charge in [0.05, 0.1) is 30.8 Å². The van der Waals surface area contributed by atoms with E-state index in [1.54, 1.807) is 37.1 Å². The van der Waals surface area contributed by atoms with Crippen molar-refractivity contribution in [1.29, 1.82) is 0 Å². The van der Waals surface area contributed by atoms with Crippen LogP contribution in [0, 0.1) is 0 Å². The van der Waals surface area contributed by atoms with Gasteiger partial charge in [-0.3, -0.25) is 4.79 Å². The molecule has 3 aromatic carbocycles. The van der Waals surface area contributed by atoms with E-state index in [2.05, 4.69) is 10.1 Å². The molecule has 0 N–H and O–H groups in total. The predicted octanol–water partition coefficient (Wildman–Crippen LogP) is 6.88. The van der Waals surface area contributed by atoms with Gasteiger partial charge >= 0.3 is 0 Å². The van der Waals surface area contributed by atoms with Crippen molar-refractivity contribution in [2.45, 2.75) is 13.0 Å². The zero-order valence-corrected chi connectivity index (χ0v) is 22.6. The van der Waals surface area contributed by atoms with Crippen LogP contribution in [-0.2, 0) is 13.0 Å². The topological polar surface area (TPSA) is 88.1 Å². The number of benzene rings is 3. The Labute approximate surface area is 232 Å². The number of halogens is 1. The van der Waals surface area contributed by atoms with Gasteiger partial charge in [0, 0.05) is 24.1 Å². The number of furan rings is 1. The molecule has 0 fully saturated rings. The number of hydrogen-bond acceptors (Lipinski definition) is 8. The van der Waals surface area contributed by atoms with Crippen molar-refractivity contribution in [2.24, 2.45) is 0 Å². The molecule has 0 aliphatic carbocycles. The minimum absolute atomic E-state index is 0.0353. The van der Waals surface area contributed by atoms with Gasteiger partial charge in [-0.2, -0.15) is 0 Å². The molecule has 6 aromatic rings. The number of rotatable bonds is 9. The molecule has 3 heterocycles. The van der Waals surface area contributed by atoms with E-state index in [0.717, 1.165) is 16.5 Å². The highest BCUT2D eigenvalue weighted by Gasteiger charge is 2.17. The molecule has 0 atom stereocenters. The standard InChI is InChI=1S/C29H22ClN3O5S/c1-35-19-12-25(21-14-27(38-26(21)13-19)23-15-33-28(31-23)39-29(32-33)36-2)37-16-18-7-5-6-17(10-18)11-24(34)20-8-3-4-9-22(20)30/h3-10,12-15H,11,16H2,1-2H3. The van der Waals surface area contributed by atoms with Gasteiger partial charge in [0.1, 0.15) is 29.4 Å². The Kier molecular flexibility index (Phi) is 6.68. The summed E-state index contributed by atoms with van der Waals surface area (Å²) in [7, 11) is 3.17. The Balaban J connectivity index is 1.24. The molecule has 10 heteroatoms. The second-order valence-corrected chi connectivity index (χ2v) is 10.1. The number of nitrogens with zero attached hydrogens (tertiary/aromatic N) is 3. The molecule has 196 valence electrons. The Morgan fingerprint density at radius 3 is 2.67 bits per heavy atom. The lowest BCUT2D eigenvalue weighted by molar-refractivity contribution is 0.0993. The van der Waals surface area contributed by atoms with Gasteiger partial charge in [-0.15, -0.1) is 5.10 Å². The first kappa shape index (κ1) is 25.0. The van der Waals surface area contributed by atoms with E-state index in [1.807, 2.05) is 54.6 Å². The average Bonchev–Trinajstić information content (AvgIpc) is 3.65. The number of fused-ring (bicyclic) bond motifs is 2. The van der Waals surface area contributed by atoms with Crippen molar-refractivity contribution < 1.29 is 23.4 Å². The third-order valence-electron chi connectivity index (χ3n) is 6.19. The lowest BCUT2D eigenvalue weighted by Crippen LogP contribution is -2.05. The quantitative estimate of drug-likeness (QED) is 0.178. The fourth-order valence-corrected chi connectivity index (χ4v) is 5.23. The third kappa shape index (κ3) is 5.06. The number of hydrogen-bond donors (Lipinski definition) is 0. The Morgan fingerprint density at radius 1 is 1.03 bits per heavy atom. The molecule has 3 aromatic heterocycles. The van der Waals surface area contributed by atoms with Crippen LogP contribution in [0.25, 0.3) is 27.4 Å². The van der Waals surface area contributed by atoms with E-state index in [1.165, 1.54) is 11.3 Å². The van der Waals surface area contributed by atoms with E-state index in [4.69, 9.17) is 30.2 Å². The van der Waals surface area contributed by atoms with Gasteiger partial charge in [-0.25, -0.2) is 9.50 Å². The van der Waals surface area contributed by atoms with Crippen LogP contribution < -0.4 is 14.2 Å². The Hall–Kier alpha value is -4.34. The summed E-state index contributed by atoms with van der Waals surface area (Å²) in [5, 5.41) is 6.10. The highest BCUT2D eigenvalue weighted by molar-refractivity contribution is 7.18. The molecule has 0 unspecified atom stereocenters. The van der Waals surface area contributed by atoms with Gasteiger partial charge in [-0.05, 0) is 40.7 Å². The van der Waals surface area contributed by atoms with Crippen LogP contribution >= 0.6 is 22.9 Å². The predicted molar refractivity (Wildman–Crippen MR) is 149 cm³/mol. The lowest BCUT2D eigenvalue weighted by Gasteiger charge is -2.10. The Morgan fingerprint density at radius 2 is 1.87 bits per heavy atom. The second kappa shape index (κ2) is 10.4.